The van der Waals surface area contributed by atoms with Gasteiger partial charge in [0.1, 0.15) is 0 Å². The van der Waals surface area contributed by atoms with Crippen molar-refractivity contribution in [1.29, 1.82) is 0 Å². The van der Waals surface area contributed by atoms with Crippen LogP contribution in [0.15, 0.2) is 17.1 Å². The Bertz CT molecular complexity index is 700. The van der Waals surface area contributed by atoms with Crippen LogP contribution in [0.5, 0.6) is 0 Å². The molecule has 0 radical (unpaired) electrons. The molecule has 5 nitrogen and oxygen atoms in total. The molecule has 120 valence electrons. The van der Waals surface area contributed by atoms with E-state index in [4.69, 9.17) is 0 Å². The average Bonchev–Trinajstić information content (AvgIpc) is 2.69. The molecule has 1 aliphatic carbocycles. The first-order valence-electron chi connectivity index (χ1n) is 8.05. The third-order valence-corrected chi connectivity index (χ3v) is 5.55. The normalized spacial score (nSPS) is 23.4. The van der Waals surface area contributed by atoms with E-state index in [2.05, 4.69) is 36.2 Å². The highest BCUT2D eigenvalue weighted by molar-refractivity contribution is 7.20. The van der Waals surface area contributed by atoms with Crippen molar-refractivity contribution in [3.05, 3.63) is 22.6 Å². The van der Waals surface area contributed by atoms with Gasteiger partial charge in [-0.1, -0.05) is 38.5 Å². The SMILES string of the molecule is CC(C)(C)C1CCCC(Nc2nn3c(=O)ccnc3s2)CC1. The molecule has 6 heteroatoms. The summed E-state index contributed by atoms with van der Waals surface area (Å²) in [6.45, 7) is 7.03. The Balaban J connectivity index is 1.70. The Kier molecular flexibility index (Phi) is 4.21. The Morgan fingerprint density at radius 3 is 2.82 bits per heavy atom. The maximum absolute atomic E-state index is 11.7. The number of aromatic nitrogens is 3. The van der Waals surface area contributed by atoms with Crippen LogP contribution >= 0.6 is 11.3 Å². The number of nitrogens with one attached hydrogen (secondary N) is 1. The minimum absolute atomic E-state index is 0.122. The third-order valence-electron chi connectivity index (χ3n) is 4.69. The first-order chi connectivity index (χ1) is 10.4. The zero-order valence-electron chi connectivity index (χ0n) is 13.5. The van der Waals surface area contributed by atoms with Crippen molar-refractivity contribution in [2.24, 2.45) is 11.3 Å². The molecule has 1 saturated carbocycles. The third kappa shape index (κ3) is 3.32. The summed E-state index contributed by atoms with van der Waals surface area (Å²) in [6.07, 6.45) is 7.69. The van der Waals surface area contributed by atoms with Crippen LogP contribution in [-0.2, 0) is 0 Å². The Labute approximate surface area is 134 Å². The minimum atomic E-state index is -0.122. The summed E-state index contributed by atoms with van der Waals surface area (Å²) in [7, 11) is 0. The second-order valence-electron chi connectivity index (χ2n) is 7.30. The minimum Gasteiger partial charge on any atom is -0.357 e. The van der Waals surface area contributed by atoms with E-state index in [1.54, 1.807) is 6.20 Å². The first kappa shape index (κ1) is 15.5. The molecular weight excluding hydrogens is 296 g/mol. The summed E-state index contributed by atoms with van der Waals surface area (Å²) < 4.78 is 1.38. The zero-order valence-corrected chi connectivity index (χ0v) is 14.3. The van der Waals surface area contributed by atoms with Gasteiger partial charge in [0.05, 0.1) is 0 Å². The number of nitrogens with zero attached hydrogens (tertiary/aromatic N) is 3. The molecule has 2 aromatic heterocycles. The highest BCUT2D eigenvalue weighted by Gasteiger charge is 2.28. The fraction of sp³-hybridized carbons (Fsp3) is 0.688. The lowest BCUT2D eigenvalue weighted by Crippen LogP contribution is -2.22. The lowest BCUT2D eigenvalue weighted by molar-refractivity contribution is 0.214. The van der Waals surface area contributed by atoms with Crippen molar-refractivity contribution < 1.29 is 0 Å². The Morgan fingerprint density at radius 1 is 1.27 bits per heavy atom. The van der Waals surface area contributed by atoms with Crippen LogP contribution in [0.25, 0.3) is 4.96 Å². The van der Waals surface area contributed by atoms with Crippen LogP contribution in [0, 0.1) is 11.3 Å². The molecular formula is C16H24N4OS. The summed E-state index contributed by atoms with van der Waals surface area (Å²) in [6, 6.07) is 1.89. The summed E-state index contributed by atoms with van der Waals surface area (Å²) in [5.74, 6) is 0.791. The molecule has 2 aromatic rings. The molecule has 1 fully saturated rings. The van der Waals surface area contributed by atoms with Crippen LogP contribution in [-0.4, -0.2) is 20.6 Å². The van der Waals surface area contributed by atoms with Gasteiger partial charge in [-0.15, -0.1) is 5.10 Å². The molecule has 3 rings (SSSR count). The van der Waals surface area contributed by atoms with Crippen LogP contribution in [0.3, 0.4) is 0 Å². The molecule has 22 heavy (non-hydrogen) atoms. The Morgan fingerprint density at radius 2 is 2.09 bits per heavy atom. The van der Waals surface area contributed by atoms with Gasteiger partial charge in [0, 0.05) is 18.3 Å². The van der Waals surface area contributed by atoms with E-state index in [1.807, 2.05) is 0 Å². The lowest BCUT2D eigenvalue weighted by Gasteiger charge is -2.29. The summed E-state index contributed by atoms with van der Waals surface area (Å²) in [4.78, 5) is 16.6. The largest absolute Gasteiger partial charge is 0.357 e. The van der Waals surface area contributed by atoms with Crippen LogP contribution < -0.4 is 10.9 Å². The summed E-state index contributed by atoms with van der Waals surface area (Å²) >= 11 is 1.45. The summed E-state index contributed by atoms with van der Waals surface area (Å²) in [5, 5.41) is 8.67. The van der Waals surface area contributed by atoms with Gasteiger partial charge in [-0.2, -0.15) is 4.52 Å². The van der Waals surface area contributed by atoms with Gasteiger partial charge < -0.3 is 5.32 Å². The van der Waals surface area contributed by atoms with E-state index < -0.39 is 0 Å². The van der Waals surface area contributed by atoms with Crippen LogP contribution in [0.1, 0.15) is 52.9 Å². The second kappa shape index (κ2) is 5.99. The van der Waals surface area contributed by atoms with E-state index in [1.165, 1.54) is 54.0 Å². The topological polar surface area (TPSA) is 59.3 Å². The quantitative estimate of drug-likeness (QED) is 0.860. The Hall–Kier alpha value is -1.43. The van der Waals surface area contributed by atoms with Crippen molar-refractivity contribution in [3.8, 4) is 0 Å². The zero-order chi connectivity index (χ0) is 15.7. The van der Waals surface area contributed by atoms with E-state index in [-0.39, 0.29) is 5.56 Å². The number of rotatable bonds is 2. The molecule has 0 aliphatic heterocycles. The van der Waals surface area contributed by atoms with E-state index in [0.717, 1.165) is 11.0 Å². The number of hydrogen-bond donors (Lipinski definition) is 1. The number of anilines is 1. The molecule has 2 atom stereocenters. The van der Waals surface area contributed by atoms with E-state index in [0.29, 0.717) is 16.4 Å². The molecule has 0 saturated heterocycles. The van der Waals surface area contributed by atoms with E-state index in [9.17, 15) is 4.79 Å². The first-order valence-corrected chi connectivity index (χ1v) is 8.86. The van der Waals surface area contributed by atoms with E-state index >= 15 is 0 Å². The van der Waals surface area contributed by atoms with Crippen LogP contribution in [0.2, 0.25) is 0 Å². The molecule has 1 N–H and O–H groups in total. The van der Waals surface area contributed by atoms with Crippen molar-refractivity contribution in [2.75, 3.05) is 5.32 Å². The van der Waals surface area contributed by atoms with Crippen molar-refractivity contribution in [3.63, 3.8) is 0 Å². The molecule has 0 spiro atoms. The van der Waals surface area contributed by atoms with Crippen molar-refractivity contribution in [2.45, 2.75) is 58.9 Å². The number of fused-ring (bicyclic) bond motifs is 1. The highest BCUT2D eigenvalue weighted by atomic mass is 32.1. The fourth-order valence-corrected chi connectivity index (χ4v) is 4.14. The van der Waals surface area contributed by atoms with Gasteiger partial charge in [0.25, 0.3) is 5.56 Å². The predicted octanol–water partition coefficient (Wildman–Crippen LogP) is 3.56. The molecule has 2 unspecified atom stereocenters. The van der Waals surface area contributed by atoms with Gasteiger partial charge in [0.15, 0.2) is 0 Å². The molecule has 0 aromatic carbocycles. The van der Waals surface area contributed by atoms with Gasteiger partial charge in [0.2, 0.25) is 10.1 Å². The monoisotopic (exact) mass is 320 g/mol. The lowest BCUT2D eigenvalue weighted by atomic mass is 9.76. The molecule has 0 bridgehead atoms. The fourth-order valence-electron chi connectivity index (χ4n) is 3.29. The van der Waals surface area contributed by atoms with Crippen molar-refractivity contribution in [1.82, 2.24) is 14.6 Å². The standard InChI is InChI=1S/C16H24N4OS/c1-16(2,3)11-5-4-6-12(8-7-11)18-14-19-20-13(21)9-10-17-15(20)22-14/h9-12H,4-8H2,1-3H3,(H,18,19). The maximum atomic E-state index is 11.7. The van der Waals surface area contributed by atoms with Gasteiger partial charge >= 0.3 is 0 Å². The summed E-state index contributed by atoms with van der Waals surface area (Å²) in [5.41, 5.74) is 0.269. The predicted molar refractivity (Wildman–Crippen MR) is 90.6 cm³/mol. The highest BCUT2D eigenvalue weighted by Crippen LogP contribution is 2.37. The van der Waals surface area contributed by atoms with Gasteiger partial charge in [-0.3, -0.25) is 4.79 Å². The molecule has 1 aliphatic rings. The number of hydrogen-bond acceptors (Lipinski definition) is 5. The van der Waals surface area contributed by atoms with Crippen LogP contribution in [0.4, 0.5) is 5.13 Å². The maximum Gasteiger partial charge on any atom is 0.275 e. The molecule has 0 amide bonds. The second-order valence-corrected chi connectivity index (χ2v) is 8.25. The van der Waals surface area contributed by atoms with Gasteiger partial charge in [-0.05, 0) is 37.0 Å². The van der Waals surface area contributed by atoms with Crippen molar-refractivity contribution >= 4 is 21.4 Å². The average molecular weight is 320 g/mol. The molecule has 2 heterocycles. The van der Waals surface area contributed by atoms with Gasteiger partial charge in [-0.25, -0.2) is 4.98 Å². The smallest absolute Gasteiger partial charge is 0.275 e.